The Morgan fingerprint density at radius 1 is 0.824 bits per heavy atom. The Labute approximate surface area is 105 Å². The van der Waals surface area contributed by atoms with Crippen molar-refractivity contribution in [1.29, 1.82) is 0 Å². The first-order valence-electron chi connectivity index (χ1n) is 6.49. The van der Waals surface area contributed by atoms with Crippen molar-refractivity contribution in [2.75, 3.05) is 39.6 Å². The first kappa shape index (κ1) is 16.8. The molecule has 0 atom stereocenters. The van der Waals surface area contributed by atoms with Crippen LogP contribution in [0.25, 0.3) is 0 Å². The second-order valence-electron chi connectivity index (χ2n) is 5.13. The standard InChI is InChI=1S/C13H28O4/c1-13(2,11-15)12-17-10-6-5-9-16-8-4-3-7-14/h14-15H,3-12H2,1-2H3. The number of hydrogen-bond donors (Lipinski definition) is 2. The van der Waals surface area contributed by atoms with Gasteiger partial charge in [0.1, 0.15) is 0 Å². The Hall–Kier alpha value is -0.160. The number of unbranched alkanes of at least 4 members (excludes halogenated alkanes) is 2. The zero-order valence-corrected chi connectivity index (χ0v) is 11.3. The smallest absolute Gasteiger partial charge is 0.0539 e. The van der Waals surface area contributed by atoms with Crippen LogP contribution in [0.15, 0.2) is 0 Å². The van der Waals surface area contributed by atoms with Crippen molar-refractivity contribution in [3.05, 3.63) is 0 Å². The molecule has 0 heterocycles. The molecule has 4 heteroatoms. The highest BCUT2D eigenvalue weighted by Gasteiger charge is 2.15. The van der Waals surface area contributed by atoms with Crippen molar-refractivity contribution in [2.24, 2.45) is 5.41 Å². The second kappa shape index (κ2) is 11.0. The van der Waals surface area contributed by atoms with Gasteiger partial charge in [0.25, 0.3) is 0 Å². The van der Waals surface area contributed by atoms with Gasteiger partial charge in [-0.15, -0.1) is 0 Å². The summed E-state index contributed by atoms with van der Waals surface area (Å²) in [4.78, 5) is 0. The Morgan fingerprint density at radius 3 is 1.88 bits per heavy atom. The van der Waals surface area contributed by atoms with E-state index in [0.717, 1.165) is 45.5 Å². The maximum atomic E-state index is 9.02. The summed E-state index contributed by atoms with van der Waals surface area (Å²) in [5, 5.41) is 17.6. The van der Waals surface area contributed by atoms with Gasteiger partial charge in [-0.05, 0) is 25.7 Å². The lowest BCUT2D eigenvalue weighted by Crippen LogP contribution is -2.23. The average molecular weight is 248 g/mol. The number of aliphatic hydroxyl groups excluding tert-OH is 2. The van der Waals surface area contributed by atoms with Gasteiger partial charge in [-0.1, -0.05) is 13.8 Å². The van der Waals surface area contributed by atoms with E-state index in [1.165, 1.54) is 0 Å². The van der Waals surface area contributed by atoms with Crippen molar-refractivity contribution in [3.8, 4) is 0 Å². The molecule has 104 valence electrons. The summed E-state index contributed by atoms with van der Waals surface area (Å²) in [6, 6.07) is 0. The van der Waals surface area contributed by atoms with Gasteiger partial charge in [0.05, 0.1) is 13.2 Å². The fourth-order valence-electron chi connectivity index (χ4n) is 1.22. The molecule has 0 rings (SSSR count). The van der Waals surface area contributed by atoms with E-state index < -0.39 is 0 Å². The van der Waals surface area contributed by atoms with Crippen LogP contribution in [0.5, 0.6) is 0 Å². The molecule has 0 fully saturated rings. The third-order valence-corrected chi connectivity index (χ3v) is 2.44. The predicted octanol–water partition coefficient (Wildman–Crippen LogP) is 1.59. The van der Waals surface area contributed by atoms with E-state index in [1.807, 2.05) is 13.8 Å². The lowest BCUT2D eigenvalue weighted by molar-refractivity contribution is 0.0237. The minimum absolute atomic E-state index is 0.138. The Balaban J connectivity index is 3.09. The van der Waals surface area contributed by atoms with Crippen molar-refractivity contribution in [2.45, 2.75) is 39.5 Å². The molecular weight excluding hydrogens is 220 g/mol. The zero-order chi connectivity index (χ0) is 13.0. The Kier molecular flexibility index (Phi) is 10.9. The lowest BCUT2D eigenvalue weighted by atomic mass is 9.97. The van der Waals surface area contributed by atoms with Crippen LogP contribution in [0.2, 0.25) is 0 Å². The molecule has 0 radical (unpaired) electrons. The minimum atomic E-state index is -0.138. The number of hydrogen-bond acceptors (Lipinski definition) is 4. The molecule has 0 amide bonds. The van der Waals surface area contributed by atoms with E-state index >= 15 is 0 Å². The molecule has 0 bridgehead atoms. The van der Waals surface area contributed by atoms with Gasteiger partial charge in [-0.25, -0.2) is 0 Å². The van der Waals surface area contributed by atoms with Crippen LogP contribution in [0.4, 0.5) is 0 Å². The van der Waals surface area contributed by atoms with Crippen LogP contribution in [0, 0.1) is 5.41 Å². The first-order chi connectivity index (χ1) is 8.12. The summed E-state index contributed by atoms with van der Waals surface area (Å²) in [6.45, 7) is 7.19. The Bertz CT molecular complexity index is 159. The maximum Gasteiger partial charge on any atom is 0.0539 e. The molecule has 0 aromatic rings. The van der Waals surface area contributed by atoms with Crippen LogP contribution in [-0.4, -0.2) is 49.9 Å². The van der Waals surface area contributed by atoms with E-state index in [0.29, 0.717) is 6.61 Å². The molecule has 0 aliphatic carbocycles. The molecule has 0 unspecified atom stereocenters. The van der Waals surface area contributed by atoms with Gasteiger partial charge in [0.15, 0.2) is 0 Å². The van der Waals surface area contributed by atoms with Gasteiger partial charge >= 0.3 is 0 Å². The zero-order valence-electron chi connectivity index (χ0n) is 11.3. The van der Waals surface area contributed by atoms with Crippen LogP contribution in [-0.2, 0) is 9.47 Å². The topological polar surface area (TPSA) is 58.9 Å². The predicted molar refractivity (Wildman–Crippen MR) is 68.1 cm³/mol. The number of rotatable bonds is 12. The number of aliphatic hydroxyl groups is 2. The third-order valence-electron chi connectivity index (χ3n) is 2.44. The van der Waals surface area contributed by atoms with Crippen LogP contribution < -0.4 is 0 Å². The van der Waals surface area contributed by atoms with Crippen LogP contribution in [0.3, 0.4) is 0 Å². The van der Waals surface area contributed by atoms with Gasteiger partial charge in [0.2, 0.25) is 0 Å². The first-order valence-corrected chi connectivity index (χ1v) is 6.49. The van der Waals surface area contributed by atoms with E-state index in [4.69, 9.17) is 19.7 Å². The van der Waals surface area contributed by atoms with Gasteiger partial charge in [-0.3, -0.25) is 0 Å². The Morgan fingerprint density at radius 2 is 1.35 bits per heavy atom. The van der Waals surface area contributed by atoms with Crippen molar-refractivity contribution in [3.63, 3.8) is 0 Å². The normalized spacial score (nSPS) is 12.0. The van der Waals surface area contributed by atoms with Crippen molar-refractivity contribution in [1.82, 2.24) is 0 Å². The molecule has 0 aliphatic rings. The van der Waals surface area contributed by atoms with E-state index in [1.54, 1.807) is 0 Å². The summed E-state index contributed by atoms with van der Waals surface area (Å²) in [5.74, 6) is 0. The van der Waals surface area contributed by atoms with Gasteiger partial charge in [0, 0.05) is 31.8 Å². The molecule has 0 saturated heterocycles. The second-order valence-corrected chi connectivity index (χ2v) is 5.13. The third kappa shape index (κ3) is 12.1. The molecule has 17 heavy (non-hydrogen) atoms. The fraction of sp³-hybridized carbons (Fsp3) is 1.00. The average Bonchev–Trinajstić information content (AvgIpc) is 2.31. The van der Waals surface area contributed by atoms with E-state index in [-0.39, 0.29) is 18.6 Å². The molecule has 0 spiro atoms. The van der Waals surface area contributed by atoms with Gasteiger partial charge < -0.3 is 19.7 Å². The fourth-order valence-corrected chi connectivity index (χ4v) is 1.22. The SMILES string of the molecule is CC(C)(CO)COCCCCOCCCCO. The molecule has 0 aliphatic heterocycles. The van der Waals surface area contributed by atoms with Crippen LogP contribution >= 0.6 is 0 Å². The summed E-state index contributed by atoms with van der Waals surface area (Å²) in [5.41, 5.74) is -0.138. The minimum Gasteiger partial charge on any atom is -0.396 e. The highest BCUT2D eigenvalue weighted by molar-refractivity contribution is 4.65. The summed E-state index contributed by atoms with van der Waals surface area (Å²) in [6.07, 6.45) is 3.73. The summed E-state index contributed by atoms with van der Waals surface area (Å²) in [7, 11) is 0. The highest BCUT2D eigenvalue weighted by Crippen LogP contribution is 2.13. The summed E-state index contributed by atoms with van der Waals surface area (Å²) >= 11 is 0. The molecule has 2 N–H and O–H groups in total. The van der Waals surface area contributed by atoms with Gasteiger partial charge in [-0.2, -0.15) is 0 Å². The molecule has 0 aromatic carbocycles. The maximum absolute atomic E-state index is 9.02. The largest absolute Gasteiger partial charge is 0.396 e. The highest BCUT2D eigenvalue weighted by atomic mass is 16.5. The lowest BCUT2D eigenvalue weighted by Gasteiger charge is -2.21. The summed E-state index contributed by atoms with van der Waals surface area (Å²) < 4.78 is 10.9. The number of ether oxygens (including phenoxy) is 2. The van der Waals surface area contributed by atoms with E-state index in [2.05, 4.69) is 0 Å². The van der Waals surface area contributed by atoms with Crippen molar-refractivity contribution < 1.29 is 19.7 Å². The van der Waals surface area contributed by atoms with Crippen LogP contribution in [0.1, 0.15) is 39.5 Å². The molecular formula is C13H28O4. The molecule has 0 saturated carbocycles. The molecule has 0 aromatic heterocycles. The quantitative estimate of drug-likeness (QED) is 0.515. The molecule has 4 nitrogen and oxygen atoms in total. The van der Waals surface area contributed by atoms with Crippen molar-refractivity contribution >= 4 is 0 Å². The van der Waals surface area contributed by atoms with E-state index in [9.17, 15) is 0 Å². The monoisotopic (exact) mass is 248 g/mol.